The van der Waals surface area contributed by atoms with Crippen LogP contribution >= 0.6 is 11.6 Å². The number of nitrogens with zero attached hydrogens (tertiary/aromatic N) is 1. The molecule has 1 aromatic heterocycles. The molecule has 6 heteroatoms. The molecule has 0 saturated carbocycles. The van der Waals surface area contributed by atoms with Gasteiger partial charge in [-0.1, -0.05) is 11.6 Å². The Morgan fingerprint density at radius 2 is 2.50 bits per heavy atom. The Hall–Kier alpha value is -1.10. The lowest BCUT2D eigenvalue weighted by molar-refractivity contribution is 0.348. The third-order valence-corrected chi connectivity index (χ3v) is 2.03. The molecular weight excluding hydrogens is 209 g/mol. The molecule has 0 bridgehead atoms. The summed E-state index contributed by atoms with van der Waals surface area (Å²) < 4.78 is 12.4. The number of H-pyrrole nitrogens is 1. The molecule has 0 fully saturated rings. The lowest BCUT2D eigenvalue weighted by atomic mass is 10.3. The third-order valence-electron chi connectivity index (χ3n) is 1.65. The average Bonchev–Trinajstić information content (AvgIpc) is 2.12. The molecule has 0 spiro atoms. The van der Waals surface area contributed by atoms with Crippen molar-refractivity contribution in [1.29, 1.82) is 0 Å². The van der Waals surface area contributed by atoms with Crippen molar-refractivity contribution >= 4 is 17.3 Å². The van der Waals surface area contributed by atoms with Crippen molar-refractivity contribution in [3.8, 4) is 0 Å². The van der Waals surface area contributed by atoms with Gasteiger partial charge in [0.15, 0.2) is 0 Å². The maximum Gasteiger partial charge on any atom is 0.285 e. The van der Waals surface area contributed by atoms with Gasteiger partial charge in [-0.05, 0) is 13.3 Å². The summed E-state index contributed by atoms with van der Waals surface area (Å²) in [5.41, 5.74) is -0.0268. The van der Waals surface area contributed by atoms with Crippen LogP contribution in [0.3, 0.4) is 0 Å². The quantitative estimate of drug-likeness (QED) is 0.809. The van der Waals surface area contributed by atoms with E-state index in [1.807, 2.05) is 0 Å². The molecule has 0 aliphatic heterocycles. The summed E-state index contributed by atoms with van der Waals surface area (Å²) >= 11 is 5.67. The van der Waals surface area contributed by atoms with Gasteiger partial charge >= 0.3 is 0 Å². The van der Waals surface area contributed by atoms with Crippen LogP contribution in [-0.2, 0) is 0 Å². The molecule has 2 N–H and O–H groups in total. The van der Waals surface area contributed by atoms with E-state index in [9.17, 15) is 9.18 Å². The average molecular weight is 220 g/mol. The highest BCUT2D eigenvalue weighted by Gasteiger charge is 2.04. The molecule has 1 aromatic rings. The fourth-order valence-corrected chi connectivity index (χ4v) is 1.07. The SMILES string of the molecule is CC(F)CCNc1cn[nH]c(=O)c1Cl. The van der Waals surface area contributed by atoms with Gasteiger partial charge < -0.3 is 5.32 Å². The van der Waals surface area contributed by atoms with Crippen LogP contribution in [0.4, 0.5) is 10.1 Å². The van der Waals surface area contributed by atoms with Crippen LogP contribution in [-0.4, -0.2) is 22.9 Å². The van der Waals surface area contributed by atoms with Crippen molar-refractivity contribution in [3.63, 3.8) is 0 Å². The van der Waals surface area contributed by atoms with Gasteiger partial charge in [0, 0.05) is 6.54 Å². The van der Waals surface area contributed by atoms with Gasteiger partial charge in [-0.2, -0.15) is 5.10 Å². The molecule has 1 unspecified atom stereocenters. The van der Waals surface area contributed by atoms with Crippen LogP contribution < -0.4 is 10.9 Å². The van der Waals surface area contributed by atoms with Crippen LogP contribution in [0.15, 0.2) is 11.0 Å². The summed E-state index contributed by atoms with van der Waals surface area (Å²) in [5.74, 6) is 0. The molecule has 0 amide bonds. The topological polar surface area (TPSA) is 57.8 Å². The number of hydrogen-bond donors (Lipinski definition) is 2. The molecule has 0 radical (unpaired) electrons. The number of halogens is 2. The highest BCUT2D eigenvalue weighted by molar-refractivity contribution is 6.32. The second-order valence-corrected chi connectivity index (χ2v) is 3.30. The van der Waals surface area contributed by atoms with Crippen LogP contribution in [0.5, 0.6) is 0 Å². The summed E-state index contributed by atoms with van der Waals surface area (Å²) in [6.45, 7) is 1.89. The van der Waals surface area contributed by atoms with Gasteiger partial charge in [-0.15, -0.1) is 0 Å². The molecule has 14 heavy (non-hydrogen) atoms. The number of alkyl halides is 1. The Kier molecular flexibility index (Phi) is 3.88. The summed E-state index contributed by atoms with van der Waals surface area (Å²) in [6, 6.07) is 0. The summed E-state index contributed by atoms with van der Waals surface area (Å²) in [4.78, 5) is 11.0. The molecule has 78 valence electrons. The highest BCUT2D eigenvalue weighted by Crippen LogP contribution is 2.14. The fourth-order valence-electron chi connectivity index (χ4n) is 0.912. The Morgan fingerprint density at radius 1 is 1.79 bits per heavy atom. The standard InChI is InChI=1S/C8H11ClFN3O/c1-5(10)2-3-11-6-4-12-13-8(14)7(6)9/h4-5H,2-3H2,1H3,(H2,11,13,14). The molecule has 1 atom stereocenters. The van der Waals surface area contributed by atoms with Crippen LogP contribution in [0.1, 0.15) is 13.3 Å². The van der Waals surface area contributed by atoms with E-state index in [0.29, 0.717) is 18.7 Å². The highest BCUT2D eigenvalue weighted by atomic mass is 35.5. The second kappa shape index (κ2) is 4.95. The summed E-state index contributed by atoms with van der Waals surface area (Å²) in [5, 5.41) is 8.63. The number of anilines is 1. The molecule has 0 saturated heterocycles. The van der Waals surface area contributed by atoms with E-state index in [1.54, 1.807) is 0 Å². The van der Waals surface area contributed by atoms with Crippen molar-refractivity contribution in [2.75, 3.05) is 11.9 Å². The lowest BCUT2D eigenvalue weighted by Crippen LogP contribution is -2.13. The normalized spacial score (nSPS) is 12.5. The number of nitrogens with one attached hydrogen (secondary N) is 2. The molecule has 0 aliphatic carbocycles. The van der Waals surface area contributed by atoms with Gasteiger partial charge in [0.25, 0.3) is 5.56 Å². The van der Waals surface area contributed by atoms with Crippen molar-refractivity contribution < 1.29 is 4.39 Å². The Bertz CT molecular complexity index is 353. The van der Waals surface area contributed by atoms with Crippen LogP contribution in [0.25, 0.3) is 0 Å². The number of hydrogen-bond acceptors (Lipinski definition) is 3. The molecular formula is C8H11ClFN3O. The summed E-state index contributed by atoms with van der Waals surface area (Å²) in [7, 11) is 0. The zero-order valence-electron chi connectivity index (χ0n) is 7.68. The molecule has 0 aromatic carbocycles. The van der Waals surface area contributed by atoms with E-state index >= 15 is 0 Å². The van der Waals surface area contributed by atoms with Crippen molar-refractivity contribution in [3.05, 3.63) is 21.6 Å². The van der Waals surface area contributed by atoms with E-state index in [4.69, 9.17) is 11.6 Å². The maximum atomic E-state index is 12.4. The first-order valence-corrected chi connectivity index (χ1v) is 4.60. The predicted octanol–water partition coefficient (Wildman–Crippen LogP) is 1.58. The molecule has 1 heterocycles. The van der Waals surface area contributed by atoms with Gasteiger partial charge in [0.05, 0.1) is 18.1 Å². The summed E-state index contributed by atoms with van der Waals surface area (Å²) in [6.07, 6.45) is 0.881. The van der Waals surface area contributed by atoms with E-state index in [1.165, 1.54) is 13.1 Å². The third kappa shape index (κ3) is 2.99. The molecule has 4 nitrogen and oxygen atoms in total. The predicted molar refractivity (Wildman–Crippen MR) is 53.5 cm³/mol. The lowest BCUT2D eigenvalue weighted by Gasteiger charge is -2.06. The van der Waals surface area contributed by atoms with Crippen molar-refractivity contribution in [2.24, 2.45) is 0 Å². The first-order chi connectivity index (χ1) is 6.61. The monoisotopic (exact) mass is 219 g/mol. The van der Waals surface area contributed by atoms with Gasteiger partial charge in [-0.3, -0.25) is 4.79 Å². The Morgan fingerprint density at radius 3 is 3.14 bits per heavy atom. The number of aromatic amines is 1. The van der Waals surface area contributed by atoms with E-state index < -0.39 is 11.7 Å². The number of rotatable bonds is 4. The van der Waals surface area contributed by atoms with Gasteiger partial charge in [-0.25, -0.2) is 9.49 Å². The minimum atomic E-state index is -0.878. The zero-order chi connectivity index (χ0) is 10.6. The fraction of sp³-hybridized carbons (Fsp3) is 0.500. The molecule has 0 aliphatic rings. The second-order valence-electron chi connectivity index (χ2n) is 2.92. The maximum absolute atomic E-state index is 12.4. The molecule has 1 rings (SSSR count). The number of aromatic nitrogens is 2. The van der Waals surface area contributed by atoms with Crippen molar-refractivity contribution in [2.45, 2.75) is 19.5 Å². The first kappa shape index (κ1) is 11.0. The van der Waals surface area contributed by atoms with E-state index in [0.717, 1.165) is 0 Å². The van der Waals surface area contributed by atoms with Gasteiger partial charge in [0.1, 0.15) is 5.02 Å². The van der Waals surface area contributed by atoms with Crippen molar-refractivity contribution in [1.82, 2.24) is 10.2 Å². The largest absolute Gasteiger partial charge is 0.382 e. The van der Waals surface area contributed by atoms with Crippen LogP contribution in [0, 0.1) is 0 Å². The van der Waals surface area contributed by atoms with Crippen LogP contribution in [0.2, 0.25) is 5.02 Å². The van der Waals surface area contributed by atoms with E-state index in [-0.39, 0.29) is 5.02 Å². The smallest absolute Gasteiger partial charge is 0.285 e. The Balaban J connectivity index is 2.59. The van der Waals surface area contributed by atoms with Gasteiger partial charge in [0.2, 0.25) is 0 Å². The zero-order valence-corrected chi connectivity index (χ0v) is 8.44. The van der Waals surface area contributed by atoms with E-state index in [2.05, 4.69) is 15.5 Å². The minimum absolute atomic E-state index is 0.0477. The first-order valence-electron chi connectivity index (χ1n) is 4.22. The Labute approximate surface area is 85.5 Å². The minimum Gasteiger partial charge on any atom is -0.382 e.